The van der Waals surface area contributed by atoms with Crippen LogP contribution in [-0.2, 0) is 16.0 Å². The SMILES string of the molecule is CN(CCc1ccncc1)C(=O)C1CC(=O)N(c2ccccc2Cl)C1. The molecule has 2 aromatic rings. The second kappa shape index (κ2) is 7.66. The Balaban J connectivity index is 1.61. The third kappa shape index (κ3) is 3.99. The Morgan fingerprint density at radius 2 is 2.00 bits per heavy atom. The zero-order chi connectivity index (χ0) is 17.8. The number of likely N-dealkylation sites (N-methyl/N-ethyl adjacent to an activating group) is 1. The number of carbonyl (C=O) groups excluding carboxylic acids is 2. The van der Waals surface area contributed by atoms with Crippen LogP contribution in [0.1, 0.15) is 12.0 Å². The standard InChI is InChI=1S/C19H20ClN3O2/c1-22(11-8-14-6-9-21-10-7-14)19(25)15-12-18(24)23(13-15)17-5-3-2-4-16(17)20/h2-7,9-10,15H,8,11-13H2,1H3. The van der Waals surface area contributed by atoms with Crippen molar-refractivity contribution in [2.75, 3.05) is 25.0 Å². The first-order chi connectivity index (χ1) is 12.1. The number of anilines is 1. The fourth-order valence-corrected chi connectivity index (χ4v) is 3.28. The minimum atomic E-state index is -0.328. The minimum Gasteiger partial charge on any atom is -0.345 e. The molecule has 5 nitrogen and oxygen atoms in total. The highest BCUT2D eigenvalue weighted by molar-refractivity contribution is 6.33. The number of hydrogen-bond acceptors (Lipinski definition) is 3. The van der Waals surface area contributed by atoms with E-state index >= 15 is 0 Å². The predicted octanol–water partition coefficient (Wildman–Crippen LogP) is 2.79. The van der Waals surface area contributed by atoms with Gasteiger partial charge in [-0.1, -0.05) is 23.7 Å². The molecule has 0 radical (unpaired) electrons. The van der Waals surface area contributed by atoms with Gasteiger partial charge in [-0.15, -0.1) is 0 Å². The summed E-state index contributed by atoms with van der Waals surface area (Å²) in [6.45, 7) is 0.987. The Bertz CT molecular complexity index is 766. The first-order valence-corrected chi connectivity index (χ1v) is 8.63. The molecule has 1 saturated heterocycles. The summed E-state index contributed by atoms with van der Waals surface area (Å²) in [6.07, 6.45) is 4.48. The molecule has 1 aromatic carbocycles. The fraction of sp³-hybridized carbons (Fsp3) is 0.316. The van der Waals surface area contributed by atoms with Crippen LogP contribution in [0.15, 0.2) is 48.8 Å². The van der Waals surface area contributed by atoms with E-state index in [1.165, 1.54) is 0 Å². The molecule has 1 aliphatic rings. The van der Waals surface area contributed by atoms with Crippen LogP contribution in [0.4, 0.5) is 5.69 Å². The molecule has 0 spiro atoms. The molecular formula is C19H20ClN3O2. The number of para-hydroxylation sites is 1. The van der Waals surface area contributed by atoms with E-state index < -0.39 is 0 Å². The lowest BCUT2D eigenvalue weighted by atomic mass is 10.1. The van der Waals surface area contributed by atoms with E-state index in [9.17, 15) is 9.59 Å². The Morgan fingerprint density at radius 3 is 2.72 bits per heavy atom. The molecule has 0 aliphatic carbocycles. The van der Waals surface area contributed by atoms with Crippen LogP contribution in [0.25, 0.3) is 0 Å². The van der Waals surface area contributed by atoms with Crippen molar-refractivity contribution in [2.45, 2.75) is 12.8 Å². The largest absolute Gasteiger partial charge is 0.345 e. The maximum Gasteiger partial charge on any atom is 0.227 e. The molecule has 130 valence electrons. The van der Waals surface area contributed by atoms with Crippen LogP contribution in [-0.4, -0.2) is 41.8 Å². The topological polar surface area (TPSA) is 53.5 Å². The summed E-state index contributed by atoms with van der Waals surface area (Å²) in [6, 6.07) is 11.1. The van der Waals surface area contributed by atoms with Crippen molar-refractivity contribution in [1.82, 2.24) is 9.88 Å². The summed E-state index contributed by atoms with van der Waals surface area (Å²) in [4.78, 5) is 32.3. The van der Waals surface area contributed by atoms with Gasteiger partial charge >= 0.3 is 0 Å². The van der Waals surface area contributed by atoms with Crippen molar-refractivity contribution in [3.63, 3.8) is 0 Å². The van der Waals surface area contributed by atoms with E-state index in [0.29, 0.717) is 23.8 Å². The number of carbonyl (C=O) groups is 2. The van der Waals surface area contributed by atoms with E-state index in [4.69, 9.17) is 11.6 Å². The van der Waals surface area contributed by atoms with Gasteiger partial charge < -0.3 is 9.80 Å². The molecule has 0 bridgehead atoms. The monoisotopic (exact) mass is 357 g/mol. The highest BCUT2D eigenvalue weighted by Crippen LogP contribution is 2.31. The molecule has 2 heterocycles. The number of pyridine rings is 1. The van der Waals surface area contributed by atoms with Crippen molar-refractivity contribution in [2.24, 2.45) is 5.92 Å². The summed E-state index contributed by atoms with van der Waals surface area (Å²) in [5.41, 5.74) is 1.80. The van der Waals surface area contributed by atoms with Gasteiger partial charge in [-0.25, -0.2) is 0 Å². The summed E-state index contributed by atoms with van der Waals surface area (Å²) in [5, 5.41) is 0.523. The molecule has 25 heavy (non-hydrogen) atoms. The number of amides is 2. The van der Waals surface area contributed by atoms with E-state index in [1.807, 2.05) is 24.3 Å². The fourth-order valence-electron chi connectivity index (χ4n) is 3.04. The van der Waals surface area contributed by atoms with Crippen molar-refractivity contribution < 1.29 is 9.59 Å². The molecular weight excluding hydrogens is 338 g/mol. The summed E-state index contributed by atoms with van der Waals surface area (Å²) in [5.74, 6) is -0.392. The number of benzene rings is 1. The lowest BCUT2D eigenvalue weighted by molar-refractivity contribution is -0.134. The van der Waals surface area contributed by atoms with Gasteiger partial charge in [-0.3, -0.25) is 14.6 Å². The van der Waals surface area contributed by atoms with Gasteiger partial charge in [-0.2, -0.15) is 0 Å². The maximum atomic E-state index is 12.7. The highest BCUT2D eigenvalue weighted by atomic mass is 35.5. The lowest BCUT2D eigenvalue weighted by Crippen LogP contribution is -2.36. The first kappa shape index (κ1) is 17.4. The lowest BCUT2D eigenvalue weighted by Gasteiger charge is -2.22. The molecule has 2 amide bonds. The van der Waals surface area contributed by atoms with Crippen molar-refractivity contribution in [1.29, 1.82) is 0 Å². The van der Waals surface area contributed by atoms with Gasteiger partial charge in [0.1, 0.15) is 0 Å². The third-order valence-electron chi connectivity index (χ3n) is 4.48. The molecule has 0 N–H and O–H groups in total. The van der Waals surface area contributed by atoms with E-state index in [2.05, 4.69) is 4.98 Å². The number of hydrogen-bond donors (Lipinski definition) is 0. The number of nitrogens with zero attached hydrogens (tertiary/aromatic N) is 3. The van der Waals surface area contributed by atoms with Gasteiger partial charge in [0.05, 0.1) is 16.6 Å². The normalized spacial score (nSPS) is 17.0. The Morgan fingerprint density at radius 1 is 1.28 bits per heavy atom. The highest BCUT2D eigenvalue weighted by Gasteiger charge is 2.36. The number of rotatable bonds is 5. The van der Waals surface area contributed by atoms with Crippen LogP contribution in [0, 0.1) is 5.92 Å². The number of halogens is 1. The van der Waals surface area contributed by atoms with E-state index in [1.54, 1.807) is 41.4 Å². The second-order valence-electron chi connectivity index (χ2n) is 6.22. The van der Waals surface area contributed by atoms with Crippen molar-refractivity contribution in [3.8, 4) is 0 Å². The quantitative estimate of drug-likeness (QED) is 0.826. The Hall–Kier alpha value is -2.40. The van der Waals surface area contributed by atoms with Crippen LogP contribution in [0.3, 0.4) is 0 Å². The zero-order valence-corrected chi connectivity index (χ0v) is 14.8. The second-order valence-corrected chi connectivity index (χ2v) is 6.63. The van der Waals surface area contributed by atoms with Crippen LogP contribution in [0.5, 0.6) is 0 Å². The Labute approximate surface area is 152 Å². The average Bonchev–Trinajstić information content (AvgIpc) is 3.02. The van der Waals surface area contributed by atoms with Gasteiger partial charge in [0, 0.05) is 39.0 Å². The van der Waals surface area contributed by atoms with Crippen LogP contribution < -0.4 is 4.90 Å². The molecule has 3 rings (SSSR count). The smallest absolute Gasteiger partial charge is 0.227 e. The van der Waals surface area contributed by atoms with E-state index in [0.717, 1.165) is 12.0 Å². The summed E-state index contributed by atoms with van der Waals surface area (Å²) in [7, 11) is 1.78. The maximum absolute atomic E-state index is 12.7. The molecule has 1 aromatic heterocycles. The first-order valence-electron chi connectivity index (χ1n) is 8.25. The van der Waals surface area contributed by atoms with Gasteiger partial charge in [0.15, 0.2) is 0 Å². The van der Waals surface area contributed by atoms with Gasteiger partial charge in [0.2, 0.25) is 11.8 Å². The Kier molecular flexibility index (Phi) is 5.34. The van der Waals surface area contributed by atoms with Crippen LogP contribution in [0.2, 0.25) is 5.02 Å². The molecule has 6 heteroatoms. The number of aromatic nitrogens is 1. The summed E-state index contributed by atoms with van der Waals surface area (Å²) < 4.78 is 0. The zero-order valence-electron chi connectivity index (χ0n) is 14.1. The molecule has 1 fully saturated rings. The minimum absolute atomic E-state index is 0.00282. The molecule has 0 saturated carbocycles. The predicted molar refractivity (Wildman–Crippen MR) is 97.5 cm³/mol. The molecule has 1 aliphatic heterocycles. The summed E-state index contributed by atoms with van der Waals surface area (Å²) >= 11 is 6.18. The third-order valence-corrected chi connectivity index (χ3v) is 4.80. The van der Waals surface area contributed by atoms with E-state index in [-0.39, 0.29) is 24.2 Å². The van der Waals surface area contributed by atoms with Gasteiger partial charge in [-0.05, 0) is 36.2 Å². The van der Waals surface area contributed by atoms with Gasteiger partial charge in [0.25, 0.3) is 0 Å². The molecule has 1 atom stereocenters. The van der Waals surface area contributed by atoms with Crippen LogP contribution >= 0.6 is 11.6 Å². The molecule has 1 unspecified atom stereocenters. The average molecular weight is 358 g/mol. The van der Waals surface area contributed by atoms with Crippen molar-refractivity contribution >= 4 is 29.1 Å². The van der Waals surface area contributed by atoms with Crippen molar-refractivity contribution in [3.05, 3.63) is 59.4 Å².